The third-order valence-electron chi connectivity index (χ3n) is 5.24. The van der Waals surface area contributed by atoms with Gasteiger partial charge in [-0.05, 0) is 36.2 Å². The fraction of sp³-hybridized carbons (Fsp3) is 0.348. The number of rotatable bonds is 7. The smallest absolute Gasteiger partial charge is 0.262 e. The van der Waals surface area contributed by atoms with Crippen LogP contribution in [0.3, 0.4) is 0 Å². The van der Waals surface area contributed by atoms with Gasteiger partial charge in [-0.25, -0.2) is 4.98 Å². The van der Waals surface area contributed by atoms with Crippen molar-refractivity contribution >= 4 is 22.7 Å². The van der Waals surface area contributed by atoms with E-state index in [-0.39, 0.29) is 5.56 Å². The molecule has 154 valence electrons. The van der Waals surface area contributed by atoms with E-state index in [9.17, 15) is 4.79 Å². The molecule has 2 heterocycles. The maximum Gasteiger partial charge on any atom is 0.262 e. The number of nitrogens with zero attached hydrogens (tertiary/aromatic N) is 4. The minimum absolute atomic E-state index is 0.0184. The molecule has 30 heavy (non-hydrogen) atoms. The highest BCUT2D eigenvalue weighted by Crippen LogP contribution is 2.22. The molecule has 0 atom stereocenters. The van der Waals surface area contributed by atoms with Gasteiger partial charge in [0.15, 0.2) is 5.16 Å². The van der Waals surface area contributed by atoms with E-state index in [1.807, 2.05) is 53.1 Å². The Morgan fingerprint density at radius 1 is 1.07 bits per heavy atom. The van der Waals surface area contributed by atoms with E-state index in [1.165, 1.54) is 0 Å². The summed E-state index contributed by atoms with van der Waals surface area (Å²) in [6.45, 7) is 5.05. The lowest BCUT2D eigenvalue weighted by Gasteiger charge is -2.26. The topological polar surface area (TPSA) is 71.2 Å². The van der Waals surface area contributed by atoms with Crippen molar-refractivity contribution in [3.8, 4) is 6.07 Å². The highest BCUT2D eigenvalue weighted by atomic mass is 32.2. The van der Waals surface area contributed by atoms with Crippen molar-refractivity contribution in [2.75, 3.05) is 32.8 Å². The van der Waals surface area contributed by atoms with Gasteiger partial charge in [-0.15, -0.1) is 0 Å². The van der Waals surface area contributed by atoms with Gasteiger partial charge in [0.25, 0.3) is 5.56 Å². The van der Waals surface area contributed by atoms with E-state index in [2.05, 4.69) is 11.0 Å². The van der Waals surface area contributed by atoms with Gasteiger partial charge < -0.3 is 4.74 Å². The van der Waals surface area contributed by atoms with E-state index in [0.29, 0.717) is 23.2 Å². The molecule has 1 aliphatic heterocycles. The van der Waals surface area contributed by atoms with Crippen molar-refractivity contribution < 1.29 is 4.74 Å². The fourth-order valence-electron chi connectivity index (χ4n) is 3.56. The predicted octanol–water partition coefficient (Wildman–Crippen LogP) is 3.28. The van der Waals surface area contributed by atoms with E-state index in [1.54, 1.807) is 11.8 Å². The Labute approximate surface area is 180 Å². The monoisotopic (exact) mass is 420 g/mol. The van der Waals surface area contributed by atoms with Crippen LogP contribution >= 0.6 is 11.8 Å². The maximum absolute atomic E-state index is 13.2. The third-order valence-corrected chi connectivity index (χ3v) is 6.28. The molecule has 0 radical (unpaired) electrons. The normalized spacial score (nSPS) is 14.6. The molecule has 1 fully saturated rings. The van der Waals surface area contributed by atoms with Gasteiger partial charge in [-0.2, -0.15) is 5.26 Å². The summed E-state index contributed by atoms with van der Waals surface area (Å²) in [5, 5.41) is 10.4. The number of aromatic nitrogens is 2. The van der Waals surface area contributed by atoms with Crippen LogP contribution in [0.4, 0.5) is 0 Å². The SMILES string of the molecule is N#Cc1ccc(CSc2nc3ccccc3c(=O)n2CCCN2CCOCC2)cc1. The van der Waals surface area contributed by atoms with Gasteiger partial charge in [0.1, 0.15) is 0 Å². The maximum atomic E-state index is 13.2. The molecule has 3 aromatic rings. The van der Waals surface area contributed by atoms with Crippen molar-refractivity contribution in [1.82, 2.24) is 14.5 Å². The molecule has 0 unspecified atom stereocenters. The van der Waals surface area contributed by atoms with Crippen LogP contribution < -0.4 is 5.56 Å². The summed E-state index contributed by atoms with van der Waals surface area (Å²) in [5.74, 6) is 0.694. The van der Waals surface area contributed by atoms with E-state index in [4.69, 9.17) is 15.0 Å². The van der Waals surface area contributed by atoms with Crippen molar-refractivity contribution in [1.29, 1.82) is 5.26 Å². The van der Waals surface area contributed by atoms with Gasteiger partial charge >= 0.3 is 0 Å². The molecule has 0 bridgehead atoms. The molecular formula is C23H24N4O2S. The van der Waals surface area contributed by atoms with Crippen LogP contribution in [0.2, 0.25) is 0 Å². The molecule has 0 amide bonds. The Kier molecular flexibility index (Phi) is 6.80. The molecular weight excluding hydrogens is 396 g/mol. The van der Waals surface area contributed by atoms with Gasteiger partial charge in [0.2, 0.25) is 0 Å². The van der Waals surface area contributed by atoms with Crippen LogP contribution in [0.15, 0.2) is 58.5 Å². The molecule has 1 aromatic heterocycles. The zero-order chi connectivity index (χ0) is 20.8. The lowest BCUT2D eigenvalue weighted by atomic mass is 10.2. The first kappa shape index (κ1) is 20.6. The zero-order valence-corrected chi connectivity index (χ0v) is 17.6. The number of para-hydroxylation sites is 1. The van der Waals surface area contributed by atoms with Crippen LogP contribution in [-0.2, 0) is 17.0 Å². The van der Waals surface area contributed by atoms with Crippen LogP contribution in [0.5, 0.6) is 0 Å². The highest BCUT2D eigenvalue weighted by molar-refractivity contribution is 7.98. The molecule has 4 rings (SSSR count). The molecule has 0 saturated carbocycles. The number of nitriles is 1. The quantitative estimate of drug-likeness (QED) is 0.432. The first-order valence-corrected chi connectivity index (χ1v) is 11.1. The second kappa shape index (κ2) is 9.90. The standard InChI is InChI=1S/C23H24N4O2S/c24-16-18-6-8-19(9-7-18)17-30-23-25-21-5-2-1-4-20(21)22(28)27(23)11-3-10-26-12-14-29-15-13-26/h1-2,4-9H,3,10-15,17H2. The average molecular weight is 421 g/mol. The molecule has 0 N–H and O–H groups in total. The molecule has 2 aromatic carbocycles. The molecule has 6 nitrogen and oxygen atoms in total. The van der Waals surface area contributed by atoms with Gasteiger partial charge in [-0.1, -0.05) is 36.0 Å². The molecule has 0 aliphatic carbocycles. The predicted molar refractivity (Wildman–Crippen MR) is 119 cm³/mol. The summed E-state index contributed by atoms with van der Waals surface area (Å²) in [4.78, 5) is 20.3. The lowest BCUT2D eigenvalue weighted by Crippen LogP contribution is -2.37. The molecule has 7 heteroatoms. The number of thioether (sulfide) groups is 1. The number of hydrogen-bond acceptors (Lipinski definition) is 6. The van der Waals surface area contributed by atoms with Crippen molar-refractivity contribution in [2.24, 2.45) is 0 Å². The largest absolute Gasteiger partial charge is 0.379 e. The second-order valence-electron chi connectivity index (χ2n) is 7.27. The minimum atomic E-state index is 0.0184. The first-order valence-electron chi connectivity index (χ1n) is 10.2. The first-order chi connectivity index (χ1) is 14.7. The zero-order valence-electron chi connectivity index (χ0n) is 16.8. The fourth-order valence-corrected chi connectivity index (χ4v) is 4.54. The van der Waals surface area contributed by atoms with E-state index < -0.39 is 0 Å². The number of benzene rings is 2. The van der Waals surface area contributed by atoms with Crippen LogP contribution in [0, 0.1) is 11.3 Å². The van der Waals surface area contributed by atoms with Crippen molar-refractivity contribution in [2.45, 2.75) is 23.9 Å². The Morgan fingerprint density at radius 2 is 1.83 bits per heavy atom. The Hall–Kier alpha value is -2.66. The third kappa shape index (κ3) is 4.90. The average Bonchev–Trinajstić information content (AvgIpc) is 2.80. The summed E-state index contributed by atoms with van der Waals surface area (Å²) in [7, 11) is 0. The molecule has 1 aliphatic rings. The summed E-state index contributed by atoms with van der Waals surface area (Å²) in [5.41, 5.74) is 2.49. The van der Waals surface area contributed by atoms with Crippen LogP contribution in [0.25, 0.3) is 10.9 Å². The minimum Gasteiger partial charge on any atom is -0.379 e. The summed E-state index contributed by atoms with van der Waals surface area (Å²) in [6.07, 6.45) is 0.893. The van der Waals surface area contributed by atoms with Crippen LogP contribution in [-0.4, -0.2) is 47.3 Å². The van der Waals surface area contributed by atoms with E-state index in [0.717, 1.165) is 55.5 Å². The van der Waals surface area contributed by atoms with Crippen molar-refractivity contribution in [3.63, 3.8) is 0 Å². The number of morpholine rings is 1. The molecule has 1 saturated heterocycles. The number of hydrogen-bond donors (Lipinski definition) is 0. The van der Waals surface area contributed by atoms with Gasteiger partial charge in [-0.3, -0.25) is 14.3 Å². The Balaban J connectivity index is 1.53. The highest BCUT2D eigenvalue weighted by Gasteiger charge is 2.14. The van der Waals surface area contributed by atoms with Gasteiger partial charge in [0, 0.05) is 31.9 Å². The van der Waals surface area contributed by atoms with Gasteiger partial charge in [0.05, 0.1) is 35.7 Å². The number of ether oxygens (including phenoxy) is 1. The Morgan fingerprint density at radius 3 is 2.60 bits per heavy atom. The Bertz CT molecular complexity index is 1100. The van der Waals surface area contributed by atoms with E-state index >= 15 is 0 Å². The second-order valence-corrected chi connectivity index (χ2v) is 8.22. The number of fused-ring (bicyclic) bond motifs is 1. The van der Waals surface area contributed by atoms with Crippen LogP contribution in [0.1, 0.15) is 17.5 Å². The van der Waals surface area contributed by atoms with Crippen molar-refractivity contribution in [3.05, 3.63) is 70.0 Å². The summed E-state index contributed by atoms with van der Waals surface area (Å²) >= 11 is 1.56. The summed E-state index contributed by atoms with van der Waals surface area (Å²) < 4.78 is 7.23. The molecule has 0 spiro atoms. The summed E-state index contributed by atoms with van der Waals surface area (Å²) in [6, 6.07) is 17.2. The lowest BCUT2D eigenvalue weighted by molar-refractivity contribution is 0.0368.